The normalized spacial score (nSPS) is 23.1. The molecular formula is C18H31N3. The maximum absolute atomic E-state index is 4.90. The first-order valence-corrected chi connectivity index (χ1v) is 8.99. The summed E-state index contributed by atoms with van der Waals surface area (Å²) in [6.45, 7) is 5.80. The SMILES string of the molecule is CCCNC(Cc1ccn(C2CCCCC2)n1)C1(C)CC1. The van der Waals surface area contributed by atoms with Gasteiger partial charge in [0.1, 0.15) is 0 Å². The molecule has 0 bridgehead atoms. The Hall–Kier alpha value is -0.830. The zero-order valence-electron chi connectivity index (χ0n) is 13.8. The summed E-state index contributed by atoms with van der Waals surface area (Å²) in [4.78, 5) is 0. The number of rotatable bonds is 7. The fourth-order valence-electron chi connectivity index (χ4n) is 3.67. The first-order valence-electron chi connectivity index (χ1n) is 8.99. The zero-order chi connectivity index (χ0) is 14.7. The molecule has 1 aromatic rings. The summed E-state index contributed by atoms with van der Waals surface area (Å²) in [5.74, 6) is 0. The maximum Gasteiger partial charge on any atom is 0.0640 e. The van der Waals surface area contributed by atoms with Crippen molar-refractivity contribution in [1.82, 2.24) is 15.1 Å². The minimum absolute atomic E-state index is 0.518. The van der Waals surface area contributed by atoms with Crippen LogP contribution < -0.4 is 5.32 Å². The summed E-state index contributed by atoms with van der Waals surface area (Å²) in [6.07, 6.45) is 14.1. The standard InChI is InChI=1S/C18H31N3/c1-3-12-19-17(18(2)10-11-18)14-15-9-13-21(20-15)16-7-5-4-6-8-16/h9,13,16-17,19H,3-8,10-12,14H2,1-2H3. The monoisotopic (exact) mass is 289 g/mol. The second kappa shape index (κ2) is 6.51. The minimum atomic E-state index is 0.518. The lowest BCUT2D eigenvalue weighted by atomic mass is 9.94. The molecule has 1 N–H and O–H groups in total. The third-order valence-electron chi connectivity index (χ3n) is 5.55. The second-order valence-corrected chi connectivity index (χ2v) is 7.44. The number of hydrogen-bond acceptors (Lipinski definition) is 2. The number of aromatic nitrogens is 2. The van der Waals surface area contributed by atoms with Crippen molar-refractivity contribution < 1.29 is 0 Å². The number of hydrogen-bond donors (Lipinski definition) is 1. The zero-order valence-corrected chi connectivity index (χ0v) is 13.8. The van der Waals surface area contributed by atoms with Crippen molar-refractivity contribution in [2.24, 2.45) is 5.41 Å². The summed E-state index contributed by atoms with van der Waals surface area (Å²) < 4.78 is 2.25. The van der Waals surface area contributed by atoms with Gasteiger partial charge in [0, 0.05) is 18.7 Å². The quantitative estimate of drug-likeness (QED) is 0.819. The predicted molar refractivity (Wildman–Crippen MR) is 87.5 cm³/mol. The fourth-order valence-corrected chi connectivity index (χ4v) is 3.67. The van der Waals surface area contributed by atoms with Crippen LogP contribution in [0.5, 0.6) is 0 Å². The van der Waals surface area contributed by atoms with Crippen LogP contribution in [-0.4, -0.2) is 22.4 Å². The van der Waals surface area contributed by atoms with E-state index in [1.807, 2.05) is 0 Å². The molecule has 2 aliphatic rings. The topological polar surface area (TPSA) is 29.9 Å². The first-order chi connectivity index (χ1) is 10.2. The van der Waals surface area contributed by atoms with Gasteiger partial charge in [0.15, 0.2) is 0 Å². The molecule has 0 spiro atoms. The summed E-state index contributed by atoms with van der Waals surface area (Å²) in [6, 6.07) is 3.51. The van der Waals surface area contributed by atoms with E-state index in [-0.39, 0.29) is 0 Å². The Balaban J connectivity index is 1.61. The first kappa shape index (κ1) is 15.1. The van der Waals surface area contributed by atoms with Crippen LogP contribution in [0.1, 0.15) is 76.9 Å². The van der Waals surface area contributed by atoms with E-state index in [9.17, 15) is 0 Å². The van der Waals surface area contributed by atoms with Crippen LogP contribution in [0.4, 0.5) is 0 Å². The van der Waals surface area contributed by atoms with Crippen molar-refractivity contribution in [3.05, 3.63) is 18.0 Å². The molecule has 0 amide bonds. The largest absolute Gasteiger partial charge is 0.313 e. The van der Waals surface area contributed by atoms with E-state index in [2.05, 4.69) is 36.1 Å². The van der Waals surface area contributed by atoms with E-state index in [1.165, 1.54) is 57.1 Å². The molecule has 1 atom stereocenters. The Morgan fingerprint density at radius 3 is 2.76 bits per heavy atom. The summed E-state index contributed by atoms with van der Waals surface area (Å²) in [7, 11) is 0. The molecule has 3 rings (SSSR count). The van der Waals surface area contributed by atoms with Gasteiger partial charge in [-0.3, -0.25) is 4.68 Å². The van der Waals surface area contributed by atoms with E-state index >= 15 is 0 Å². The Labute approximate surface area is 129 Å². The summed E-state index contributed by atoms with van der Waals surface area (Å²) in [5.41, 5.74) is 1.80. The lowest BCUT2D eigenvalue weighted by Crippen LogP contribution is -2.38. The molecule has 1 heterocycles. The number of nitrogens with one attached hydrogen (secondary N) is 1. The molecular weight excluding hydrogens is 258 g/mol. The smallest absolute Gasteiger partial charge is 0.0640 e. The molecule has 0 saturated heterocycles. The fraction of sp³-hybridized carbons (Fsp3) is 0.833. The van der Waals surface area contributed by atoms with E-state index < -0.39 is 0 Å². The lowest BCUT2D eigenvalue weighted by molar-refractivity contribution is 0.322. The van der Waals surface area contributed by atoms with Gasteiger partial charge < -0.3 is 5.32 Å². The molecule has 0 aromatic carbocycles. The molecule has 2 fully saturated rings. The summed E-state index contributed by atoms with van der Waals surface area (Å²) >= 11 is 0. The molecule has 0 radical (unpaired) electrons. The van der Waals surface area contributed by atoms with Gasteiger partial charge in [-0.2, -0.15) is 5.10 Å². The van der Waals surface area contributed by atoms with Crippen molar-refractivity contribution in [1.29, 1.82) is 0 Å². The maximum atomic E-state index is 4.90. The molecule has 1 aromatic heterocycles. The van der Waals surface area contributed by atoms with Gasteiger partial charge in [0.05, 0.1) is 11.7 Å². The third-order valence-corrected chi connectivity index (χ3v) is 5.55. The highest BCUT2D eigenvalue weighted by Gasteiger charge is 2.44. The van der Waals surface area contributed by atoms with Crippen LogP contribution in [0.3, 0.4) is 0 Å². The van der Waals surface area contributed by atoms with Gasteiger partial charge in [-0.25, -0.2) is 0 Å². The average molecular weight is 289 g/mol. The van der Waals surface area contributed by atoms with Crippen LogP contribution >= 0.6 is 0 Å². The number of nitrogens with zero attached hydrogens (tertiary/aromatic N) is 2. The second-order valence-electron chi connectivity index (χ2n) is 7.44. The van der Waals surface area contributed by atoms with Crippen LogP contribution in [0, 0.1) is 5.41 Å². The Bertz CT molecular complexity index is 441. The van der Waals surface area contributed by atoms with Gasteiger partial charge in [-0.1, -0.05) is 33.1 Å². The average Bonchev–Trinajstić information content (AvgIpc) is 3.09. The Kier molecular flexibility index (Phi) is 4.68. The van der Waals surface area contributed by atoms with E-state index in [4.69, 9.17) is 5.10 Å². The van der Waals surface area contributed by atoms with Crippen LogP contribution in [0.25, 0.3) is 0 Å². The van der Waals surface area contributed by atoms with Crippen molar-refractivity contribution in [3.63, 3.8) is 0 Å². The van der Waals surface area contributed by atoms with Crippen LogP contribution in [0.15, 0.2) is 12.3 Å². The molecule has 0 aliphatic heterocycles. The molecule has 21 heavy (non-hydrogen) atoms. The van der Waals surface area contributed by atoms with Gasteiger partial charge in [-0.05, 0) is 50.1 Å². The van der Waals surface area contributed by atoms with Crippen LogP contribution in [-0.2, 0) is 6.42 Å². The molecule has 118 valence electrons. The van der Waals surface area contributed by atoms with Crippen molar-refractivity contribution >= 4 is 0 Å². The van der Waals surface area contributed by atoms with E-state index in [0.29, 0.717) is 17.5 Å². The van der Waals surface area contributed by atoms with Gasteiger partial charge in [0.25, 0.3) is 0 Å². The molecule has 3 heteroatoms. The highest BCUT2D eigenvalue weighted by atomic mass is 15.3. The van der Waals surface area contributed by atoms with Crippen molar-refractivity contribution in [2.45, 2.75) is 83.7 Å². The Morgan fingerprint density at radius 2 is 2.10 bits per heavy atom. The van der Waals surface area contributed by atoms with Gasteiger partial charge in [-0.15, -0.1) is 0 Å². The molecule has 2 aliphatic carbocycles. The van der Waals surface area contributed by atoms with Crippen LogP contribution in [0.2, 0.25) is 0 Å². The molecule has 3 nitrogen and oxygen atoms in total. The third kappa shape index (κ3) is 3.68. The lowest BCUT2D eigenvalue weighted by Gasteiger charge is -2.24. The van der Waals surface area contributed by atoms with E-state index in [1.54, 1.807) is 0 Å². The van der Waals surface area contributed by atoms with Crippen molar-refractivity contribution in [3.8, 4) is 0 Å². The molecule has 2 saturated carbocycles. The summed E-state index contributed by atoms with van der Waals surface area (Å²) in [5, 5.41) is 8.66. The predicted octanol–water partition coefficient (Wildman–Crippen LogP) is 4.10. The Morgan fingerprint density at radius 1 is 1.33 bits per heavy atom. The highest BCUT2D eigenvalue weighted by Crippen LogP contribution is 2.48. The van der Waals surface area contributed by atoms with E-state index in [0.717, 1.165) is 13.0 Å². The highest BCUT2D eigenvalue weighted by molar-refractivity contribution is 5.08. The minimum Gasteiger partial charge on any atom is -0.313 e. The van der Waals surface area contributed by atoms with Gasteiger partial charge in [0.2, 0.25) is 0 Å². The van der Waals surface area contributed by atoms with Gasteiger partial charge >= 0.3 is 0 Å². The molecule has 1 unspecified atom stereocenters. The van der Waals surface area contributed by atoms with Crippen molar-refractivity contribution in [2.75, 3.05) is 6.54 Å².